The molecule has 134 valence electrons. The van der Waals surface area contributed by atoms with Gasteiger partial charge in [0.1, 0.15) is 6.04 Å². The number of H-pyrrole nitrogens is 1. The van der Waals surface area contributed by atoms with Gasteiger partial charge in [-0.2, -0.15) is 5.10 Å². The molecule has 0 spiro atoms. The standard InChI is InChI=1S/C19H22N6O/c1-12-17(13(2)21-20-12)18-23-22-16-11-24(19(26)14(3)25(16)18)10-9-15-7-5-4-6-8-15/h4-8,14H,9-11H2,1-3H3,(H,20,21)/t14-/m1/s1. The molecule has 0 saturated heterocycles. The molecule has 1 aliphatic heterocycles. The fourth-order valence-corrected chi connectivity index (χ4v) is 3.61. The van der Waals surface area contributed by atoms with Crippen LogP contribution in [0.2, 0.25) is 0 Å². The lowest BCUT2D eigenvalue weighted by Gasteiger charge is -2.32. The summed E-state index contributed by atoms with van der Waals surface area (Å²) in [6, 6.07) is 9.89. The molecule has 1 atom stereocenters. The van der Waals surface area contributed by atoms with E-state index in [0.29, 0.717) is 18.9 Å². The number of carbonyl (C=O) groups is 1. The van der Waals surface area contributed by atoms with E-state index in [-0.39, 0.29) is 11.9 Å². The minimum atomic E-state index is -0.326. The van der Waals surface area contributed by atoms with E-state index in [4.69, 9.17) is 0 Å². The van der Waals surface area contributed by atoms with Crippen LogP contribution in [0.4, 0.5) is 0 Å². The lowest BCUT2D eigenvalue weighted by Crippen LogP contribution is -2.42. The van der Waals surface area contributed by atoms with Crippen molar-refractivity contribution in [3.63, 3.8) is 0 Å². The number of hydrogen-bond acceptors (Lipinski definition) is 4. The molecule has 0 bridgehead atoms. The van der Waals surface area contributed by atoms with Gasteiger partial charge in [-0.3, -0.25) is 14.5 Å². The molecule has 2 aromatic heterocycles. The van der Waals surface area contributed by atoms with E-state index >= 15 is 0 Å². The first-order valence-electron chi connectivity index (χ1n) is 8.84. The second kappa shape index (κ2) is 6.40. The molecule has 7 heteroatoms. The molecule has 26 heavy (non-hydrogen) atoms. The Morgan fingerprint density at radius 1 is 1.19 bits per heavy atom. The van der Waals surface area contributed by atoms with Crippen LogP contribution in [0.1, 0.15) is 35.7 Å². The number of benzene rings is 1. The van der Waals surface area contributed by atoms with Crippen molar-refractivity contribution in [2.45, 2.75) is 39.8 Å². The van der Waals surface area contributed by atoms with Crippen molar-refractivity contribution in [1.29, 1.82) is 0 Å². The summed E-state index contributed by atoms with van der Waals surface area (Å²) < 4.78 is 1.95. The summed E-state index contributed by atoms with van der Waals surface area (Å²) in [7, 11) is 0. The summed E-state index contributed by atoms with van der Waals surface area (Å²) in [6.45, 7) is 6.97. The molecule has 1 aliphatic rings. The molecule has 0 radical (unpaired) electrons. The maximum atomic E-state index is 12.9. The second-order valence-corrected chi connectivity index (χ2v) is 6.79. The van der Waals surface area contributed by atoms with Gasteiger partial charge in [0.05, 0.1) is 17.8 Å². The highest BCUT2D eigenvalue weighted by atomic mass is 16.2. The lowest BCUT2D eigenvalue weighted by molar-refractivity contribution is -0.136. The summed E-state index contributed by atoms with van der Waals surface area (Å²) in [5, 5.41) is 16.0. The Kier molecular flexibility index (Phi) is 4.06. The molecule has 0 saturated carbocycles. The molecule has 3 aromatic rings. The van der Waals surface area contributed by atoms with E-state index in [0.717, 1.165) is 29.2 Å². The van der Waals surface area contributed by atoms with Gasteiger partial charge in [-0.05, 0) is 32.8 Å². The average Bonchev–Trinajstić information content (AvgIpc) is 3.20. The smallest absolute Gasteiger partial charge is 0.245 e. The Morgan fingerprint density at radius 2 is 1.96 bits per heavy atom. The van der Waals surface area contributed by atoms with Crippen LogP contribution in [0.15, 0.2) is 30.3 Å². The maximum Gasteiger partial charge on any atom is 0.245 e. The van der Waals surface area contributed by atoms with Crippen molar-refractivity contribution < 1.29 is 4.79 Å². The summed E-state index contributed by atoms with van der Waals surface area (Å²) in [5.41, 5.74) is 3.96. The Balaban J connectivity index is 1.61. The number of fused-ring (bicyclic) bond motifs is 1. The van der Waals surface area contributed by atoms with Crippen LogP contribution >= 0.6 is 0 Å². The number of aryl methyl sites for hydroxylation is 2. The van der Waals surface area contributed by atoms with E-state index in [1.165, 1.54) is 5.56 Å². The molecule has 3 heterocycles. The number of amides is 1. The zero-order valence-corrected chi connectivity index (χ0v) is 15.2. The molecule has 1 N–H and O–H groups in total. The fourth-order valence-electron chi connectivity index (χ4n) is 3.61. The molecule has 1 aromatic carbocycles. The number of carbonyl (C=O) groups excluding carboxylic acids is 1. The highest BCUT2D eigenvalue weighted by Crippen LogP contribution is 2.31. The van der Waals surface area contributed by atoms with Gasteiger partial charge in [-0.1, -0.05) is 30.3 Å². The van der Waals surface area contributed by atoms with Crippen molar-refractivity contribution in [3.05, 3.63) is 53.1 Å². The second-order valence-electron chi connectivity index (χ2n) is 6.79. The van der Waals surface area contributed by atoms with Crippen molar-refractivity contribution >= 4 is 5.91 Å². The van der Waals surface area contributed by atoms with Gasteiger partial charge in [0.15, 0.2) is 11.6 Å². The zero-order valence-electron chi connectivity index (χ0n) is 15.2. The molecule has 7 nitrogen and oxygen atoms in total. The van der Waals surface area contributed by atoms with Gasteiger partial charge in [-0.25, -0.2) is 0 Å². The topological polar surface area (TPSA) is 79.7 Å². The van der Waals surface area contributed by atoms with Crippen LogP contribution in [0.5, 0.6) is 0 Å². The first kappa shape index (κ1) is 16.5. The van der Waals surface area contributed by atoms with Crippen LogP contribution in [-0.4, -0.2) is 42.3 Å². The molecular weight excluding hydrogens is 328 g/mol. The van der Waals surface area contributed by atoms with Crippen molar-refractivity contribution in [3.8, 4) is 11.4 Å². The maximum absolute atomic E-state index is 12.9. The van der Waals surface area contributed by atoms with Gasteiger partial charge in [0.2, 0.25) is 5.91 Å². The van der Waals surface area contributed by atoms with Crippen molar-refractivity contribution in [2.24, 2.45) is 0 Å². The van der Waals surface area contributed by atoms with Gasteiger partial charge < -0.3 is 4.90 Å². The highest BCUT2D eigenvalue weighted by molar-refractivity contribution is 5.82. The van der Waals surface area contributed by atoms with Crippen molar-refractivity contribution in [1.82, 2.24) is 29.9 Å². The third-order valence-corrected chi connectivity index (χ3v) is 5.02. The number of rotatable bonds is 4. The summed E-state index contributed by atoms with van der Waals surface area (Å²) in [4.78, 5) is 14.8. The summed E-state index contributed by atoms with van der Waals surface area (Å²) >= 11 is 0. The number of nitrogens with one attached hydrogen (secondary N) is 1. The minimum Gasteiger partial charge on any atom is -0.333 e. The normalized spacial score (nSPS) is 16.8. The van der Waals surface area contributed by atoms with Gasteiger partial charge in [0, 0.05) is 12.2 Å². The summed E-state index contributed by atoms with van der Waals surface area (Å²) in [6.07, 6.45) is 0.834. The van der Waals surface area contributed by atoms with E-state index in [9.17, 15) is 4.79 Å². The Hall–Kier alpha value is -2.96. The Bertz CT molecular complexity index is 923. The Labute approximate surface area is 152 Å². The quantitative estimate of drug-likeness (QED) is 0.784. The van der Waals surface area contributed by atoms with Gasteiger partial charge in [-0.15, -0.1) is 10.2 Å². The first-order valence-corrected chi connectivity index (χ1v) is 8.84. The molecule has 1 amide bonds. The number of nitrogens with zero attached hydrogens (tertiary/aromatic N) is 5. The van der Waals surface area contributed by atoms with Crippen LogP contribution in [0.25, 0.3) is 11.4 Å². The van der Waals surface area contributed by atoms with Gasteiger partial charge in [0.25, 0.3) is 0 Å². The predicted octanol–water partition coefficient (Wildman–Crippen LogP) is 2.43. The van der Waals surface area contributed by atoms with E-state index in [1.54, 1.807) is 0 Å². The SMILES string of the molecule is Cc1n[nH]c(C)c1-c1nnc2n1[C@H](C)C(=O)N(CCc1ccccc1)C2. The fraction of sp³-hybridized carbons (Fsp3) is 0.368. The van der Waals surface area contributed by atoms with Gasteiger partial charge >= 0.3 is 0 Å². The molecule has 0 aliphatic carbocycles. The lowest BCUT2D eigenvalue weighted by atomic mass is 10.1. The molecule has 0 fully saturated rings. The number of hydrogen-bond donors (Lipinski definition) is 1. The van der Waals surface area contributed by atoms with Crippen LogP contribution in [-0.2, 0) is 17.8 Å². The first-order chi connectivity index (χ1) is 12.6. The third-order valence-electron chi connectivity index (χ3n) is 5.02. The number of aromatic nitrogens is 5. The van der Waals surface area contributed by atoms with E-state index in [1.807, 2.05) is 48.4 Å². The molecule has 4 rings (SSSR count). The molecular formula is C19H22N6O. The third kappa shape index (κ3) is 2.69. The largest absolute Gasteiger partial charge is 0.333 e. The van der Waals surface area contributed by atoms with E-state index < -0.39 is 0 Å². The van der Waals surface area contributed by atoms with Crippen LogP contribution in [0, 0.1) is 13.8 Å². The summed E-state index contributed by atoms with van der Waals surface area (Å²) in [5.74, 6) is 1.64. The monoisotopic (exact) mass is 350 g/mol. The average molecular weight is 350 g/mol. The van der Waals surface area contributed by atoms with E-state index in [2.05, 4.69) is 32.5 Å². The highest BCUT2D eigenvalue weighted by Gasteiger charge is 2.34. The Morgan fingerprint density at radius 3 is 2.65 bits per heavy atom. The number of aromatic amines is 1. The predicted molar refractivity (Wildman–Crippen MR) is 97.4 cm³/mol. The van der Waals surface area contributed by atoms with Crippen LogP contribution in [0.3, 0.4) is 0 Å². The van der Waals surface area contributed by atoms with Crippen LogP contribution < -0.4 is 0 Å². The minimum absolute atomic E-state index is 0.105. The zero-order chi connectivity index (χ0) is 18.3. The van der Waals surface area contributed by atoms with Crippen molar-refractivity contribution in [2.75, 3.05) is 6.54 Å². The molecule has 0 unspecified atom stereocenters.